The highest BCUT2D eigenvalue weighted by molar-refractivity contribution is 5.59. The zero-order valence-corrected chi connectivity index (χ0v) is 13.0. The van der Waals surface area contributed by atoms with E-state index in [2.05, 4.69) is 42.9 Å². The number of rotatable bonds is 5. The summed E-state index contributed by atoms with van der Waals surface area (Å²) in [5.74, 6) is 3.52. The molecule has 0 spiro atoms. The Balaban J connectivity index is 2.35. The molecule has 112 valence electrons. The summed E-state index contributed by atoms with van der Waals surface area (Å²) >= 11 is 0. The van der Waals surface area contributed by atoms with Crippen LogP contribution in [0.3, 0.4) is 0 Å². The first kappa shape index (κ1) is 15.0. The second-order valence-corrected chi connectivity index (χ2v) is 5.85. The van der Waals surface area contributed by atoms with Crippen LogP contribution in [0.2, 0.25) is 0 Å². The molecule has 2 rings (SSSR count). The van der Waals surface area contributed by atoms with Gasteiger partial charge >= 0.3 is 0 Å². The number of hydrogen-bond donors (Lipinski definition) is 2. The number of aliphatic hydroxyl groups excluding tert-OH is 1. The third-order valence-electron chi connectivity index (χ3n) is 3.84. The van der Waals surface area contributed by atoms with Crippen molar-refractivity contribution < 1.29 is 5.11 Å². The molecule has 0 bridgehead atoms. The topological polar surface area (TPSA) is 61.3 Å². The summed E-state index contributed by atoms with van der Waals surface area (Å²) in [6.07, 6.45) is 1.04. The van der Waals surface area contributed by atoms with Crippen molar-refractivity contribution in [1.29, 1.82) is 0 Å². The normalized spacial score (nSPS) is 18.9. The monoisotopic (exact) mass is 278 g/mol. The van der Waals surface area contributed by atoms with Gasteiger partial charge in [0.05, 0.1) is 0 Å². The highest BCUT2D eigenvalue weighted by Gasteiger charge is 2.25. The van der Waals surface area contributed by atoms with E-state index in [9.17, 15) is 5.11 Å². The maximum atomic E-state index is 9.31. The average molecular weight is 278 g/mol. The first-order chi connectivity index (χ1) is 9.56. The fourth-order valence-corrected chi connectivity index (χ4v) is 2.60. The van der Waals surface area contributed by atoms with Crippen LogP contribution in [0.15, 0.2) is 0 Å². The summed E-state index contributed by atoms with van der Waals surface area (Å²) in [5.41, 5.74) is 1.11. The van der Waals surface area contributed by atoms with Gasteiger partial charge in [0.2, 0.25) is 0 Å². The van der Waals surface area contributed by atoms with Gasteiger partial charge in [-0.25, -0.2) is 9.97 Å². The third-order valence-corrected chi connectivity index (χ3v) is 3.84. The quantitative estimate of drug-likeness (QED) is 0.864. The van der Waals surface area contributed by atoms with Crippen LogP contribution in [-0.4, -0.2) is 41.3 Å². The van der Waals surface area contributed by atoms with Crippen molar-refractivity contribution in [2.45, 2.75) is 40.0 Å². The van der Waals surface area contributed by atoms with E-state index in [0.29, 0.717) is 11.8 Å². The largest absolute Gasteiger partial charge is 0.396 e. The van der Waals surface area contributed by atoms with Crippen molar-refractivity contribution in [2.75, 3.05) is 36.5 Å². The van der Waals surface area contributed by atoms with Gasteiger partial charge in [-0.15, -0.1) is 0 Å². The molecule has 0 aliphatic carbocycles. The molecule has 0 aromatic carbocycles. The lowest BCUT2D eigenvalue weighted by atomic mass is 10.1. The lowest BCUT2D eigenvalue weighted by Crippen LogP contribution is -2.24. The minimum atomic E-state index is 0.262. The number of hydrogen-bond acceptors (Lipinski definition) is 5. The summed E-state index contributed by atoms with van der Waals surface area (Å²) in [7, 11) is 0. The average Bonchev–Trinajstić information content (AvgIpc) is 2.89. The van der Waals surface area contributed by atoms with Crippen LogP contribution in [0.25, 0.3) is 0 Å². The Hall–Kier alpha value is -1.36. The Bertz CT molecular complexity index is 461. The Morgan fingerprint density at radius 3 is 2.70 bits per heavy atom. The zero-order valence-electron chi connectivity index (χ0n) is 13.0. The summed E-state index contributed by atoms with van der Waals surface area (Å²) in [4.78, 5) is 11.7. The molecule has 20 heavy (non-hydrogen) atoms. The molecule has 2 heterocycles. The van der Waals surface area contributed by atoms with Crippen LogP contribution >= 0.6 is 0 Å². The van der Waals surface area contributed by atoms with Gasteiger partial charge in [0.1, 0.15) is 17.5 Å². The maximum Gasteiger partial charge on any atom is 0.137 e. The third kappa shape index (κ3) is 3.03. The summed E-state index contributed by atoms with van der Waals surface area (Å²) < 4.78 is 0. The van der Waals surface area contributed by atoms with E-state index in [4.69, 9.17) is 4.98 Å². The molecule has 1 aromatic heterocycles. The molecule has 5 nitrogen and oxygen atoms in total. The van der Waals surface area contributed by atoms with Crippen molar-refractivity contribution in [3.05, 3.63) is 11.4 Å². The summed E-state index contributed by atoms with van der Waals surface area (Å²) in [6.45, 7) is 11.3. The fourth-order valence-electron chi connectivity index (χ4n) is 2.60. The minimum absolute atomic E-state index is 0.262. The minimum Gasteiger partial charge on any atom is -0.396 e. The van der Waals surface area contributed by atoms with Crippen molar-refractivity contribution >= 4 is 11.6 Å². The highest BCUT2D eigenvalue weighted by Crippen LogP contribution is 2.29. The van der Waals surface area contributed by atoms with Crippen LogP contribution < -0.4 is 10.2 Å². The highest BCUT2D eigenvalue weighted by atomic mass is 16.3. The second kappa shape index (κ2) is 6.39. The van der Waals surface area contributed by atoms with E-state index < -0.39 is 0 Å². The van der Waals surface area contributed by atoms with Crippen molar-refractivity contribution in [3.63, 3.8) is 0 Å². The predicted octanol–water partition coefficient (Wildman–Crippen LogP) is 2.16. The Morgan fingerprint density at radius 1 is 1.40 bits per heavy atom. The number of aromatic nitrogens is 2. The number of aliphatic hydroxyl groups is 1. The predicted molar refractivity (Wildman–Crippen MR) is 82.4 cm³/mol. The van der Waals surface area contributed by atoms with E-state index in [-0.39, 0.29) is 6.61 Å². The zero-order chi connectivity index (χ0) is 14.7. The van der Waals surface area contributed by atoms with Gasteiger partial charge in [-0.2, -0.15) is 0 Å². The van der Waals surface area contributed by atoms with Crippen molar-refractivity contribution in [2.24, 2.45) is 5.92 Å². The van der Waals surface area contributed by atoms with E-state index in [0.717, 1.165) is 49.1 Å². The standard InChI is InChI=1S/C15H26N4O/c1-5-16-14-11(4)15(18-13(17-14)10(2)3)19-7-6-12(8-19)9-20/h10,12,20H,5-9H2,1-4H3,(H,16,17,18). The number of anilines is 2. The molecular formula is C15H26N4O. The van der Waals surface area contributed by atoms with E-state index >= 15 is 0 Å². The van der Waals surface area contributed by atoms with Crippen LogP contribution in [0.5, 0.6) is 0 Å². The first-order valence-electron chi connectivity index (χ1n) is 7.55. The van der Waals surface area contributed by atoms with E-state index in [1.165, 1.54) is 0 Å². The van der Waals surface area contributed by atoms with Crippen LogP contribution in [0.1, 0.15) is 44.5 Å². The molecule has 1 aliphatic rings. The lowest BCUT2D eigenvalue weighted by molar-refractivity contribution is 0.238. The van der Waals surface area contributed by atoms with Gasteiger partial charge in [-0.05, 0) is 20.3 Å². The molecule has 1 fully saturated rings. The molecule has 1 aromatic rings. The van der Waals surface area contributed by atoms with E-state index in [1.54, 1.807) is 0 Å². The Labute approximate surface area is 121 Å². The van der Waals surface area contributed by atoms with Gasteiger partial charge in [0, 0.05) is 43.6 Å². The molecule has 1 unspecified atom stereocenters. The maximum absolute atomic E-state index is 9.31. The van der Waals surface area contributed by atoms with Crippen LogP contribution in [0, 0.1) is 12.8 Å². The van der Waals surface area contributed by atoms with Gasteiger partial charge in [-0.3, -0.25) is 0 Å². The SMILES string of the molecule is CCNc1nc(C(C)C)nc(N2CCC(CO)C2)c1C. The molecule has 2 N–H and O–H groups in total. The molecular weight excluding hydrogens is 252 g/mol. The van der Waals surface area contributed by atoms with Crippen molar-refractivity contribution in [3.8, 4) is 0 Å². The second-order valence-electron chi connectivity index (χ2n) is 5.85. The smallest absolute Gasteiger partial charge is 0.137 e. The number of nitrogens with one attached hydrogen (secondary N) is 1. The fraction of sp³-hybridized carbons (Fsp3) is 0.733. The van der Waals surface area contributed by atoms with Gasteiger partial charge < -0.3 is 15.3 Å². The van der Waals surface area contributed by atoms with Crippen LogP contribution in [0.4, 0.5) is 11.6 Å². The van der Waals surface area contributed by atoms with Gasteiger partial charge in [0.15, 0.2) is 0 Å². The van der Waals surface area contributed by atoms with Gasteiger partial charge in [-0.1, -0.05) is 13.8 Å². The molecule has 5 heteroatoms. The lowest BCUT2D eigenvalue weighted by Gasteiger charge is -2.22. The molecule has 0 radical (unpaired) electrons. The first-order valence-corrected chi connectivity index (χ1v) is 7.55. The van der Waals surface area contributed by atoms with Crippen molar-refractivity contribution in [1.82, 2.24) is 9.97 Å². The van der Waals surface area contributed by atoms with E-state index in [1.807, 2.05) is 0 Å². The summed E-state index contributed by atoms with van der Waals surface area (Å²) in [6, 6.07) is 0. The molecule has 1 aliphatic heterocycles. The van der Waals surface area contributed by atoms with Gasteiger partial charge in [0.25, 0.3) is 0 Å². The molecule has 0 saturated carbocycles. The number of nitrogens with zero attached hydrogens (tertiary/aromatic N) is 3. The molecule has 1 saturated heterocycles. The van der Waals surface area contributed by atoms with Crippen LogP contribution in [-0.2, 0) is 0 Å². The molecule has 1 atom stereocenters. The molecule has 0 amide bonds. The summed E-state index contributed by atoms with van der Waals surface area (Å²) in [5, 5.41) is 12.6. The Kier molecular flexibility index (Phi) is 4.81. The Morgan fingerprint density at radius 2 is 2.15 bits per heavy atom.